The van der Waals surface area contributed by atoms with Crippen molar-refractivity contribution in [1.82, 2.24) is 26.6 Å². The van der Waals surface area contributed by atoms with E-state index in [1.807, 2.05) is 48.5 Å². The average Bonchev–Trinajstić information content (AvgIpc) is 3.45. The van der Waals surface area contributed by atoms with Crippen molar-refractivity contribution in [3.05, 3.63) is 95.1 Å². The molecule has 4 rings (SSSR count). The third-order valence-electron chi connectivity index (χ3n) is 8.66. The zero-order valence-electron chi connectivity index (χ0n) is 33.2. The van der Waals surface area contributed by atoms with Crippen LogP contribution in [0.2, 0.25) is 0 Å². The predicted molar refractivity (Wildman–Crippen MR) is 211 cm³/mol. The molecule has 3 aromatic carbocycles. The van der Waals surface area contributed by atoms with Gasteiger partial charge in [-0.25, -0.2) is 14.4 Å². The van der Waals surface area contributed by atoms with E-state index in [9.17, 15) is 33.9 Å². The predicted octanol–water partition coefficient (Wildman–Crippen LogP) is 5.50. The van der Waals surface area contributed by atoms with Gasteiger partial charge in [0.25, 0.3) is 0 Å². The second kappa shape index (κ2) is 19.6. The largest absolute Gasteiger partial charge is 0.481 e. The van der Waals surface area contributed by atoms with Gasteiger partial charge in [0.1, 0.15) is 29.9 Å². The van der Waals surface area contributed by atoms with Gasteiger partial charge in [-0.05, 0) is 87.8 Å². The van der Waals surface area contributed by atoms with Gasteiger partial charge in [-0.3, -0.25) is 14.4 Å². The summed E-state index contributed by atoms with van der Waals surface area (Å²) in [6.45, 7) is 10.5. The molecular weight excluding hydrogens is 734 g/mol. The maximum absolute atomic E-state index is 13.2. The summed E-state index contributed by atoms with van der Waals surface area (Å²) >= 11 is 0. The van der Waals surface area contributed by atoms with Gasteiger partial charge in [0.2, 0.25) is 11.8 Å². The number of amides is 5. The summed E-state index contributed by atoms with van der Waals surface area (Å²) in [5.74, 6) is -2.38. The van der Waals surface area contributed by atoms with E-state index in [-0.39, 0.29) is 51.4 Å². The quantitative estimate of drug-likeness (QED) is 0.100. The van der Waals surface area contributed by atoms with E-state index >= 15 is 0 Å². The van der Waals surface area contributed by atoms with Crippen LogP contribution in [-0.2, 0) is 41.7 Å². The van der Waals surface area contributed by atoms with Crippen LogP contribution in [0.5, 0.6) is 0 Å². The highest BCUT2D eigenvalue weighted by molar-refractivity contribution is 5.87. The molecule has 2 atom stereocenters. The van der Waals surface area contributed by atoms with Crippen LogP contribution in [0.15, 0.2) is 72.8 Å². The second-order valence-electron chi connectivity index (χ2n) is 15.6. The molecule has 0 fully saturated rings. The molecule has 0 unspecified atom stereocenters. The summed E-state index contributed by atoms with van der Waals surface area (Å²) in [6, 6.07) is 20.6. The molecule has 0 aliphatic heterocycles. The van der Waals surface area contributed by atoms with Crippen LogP contribution in [0.3, 0.4) is 0 Å². The zero-order valence-corrected chi connectivity index (χ0v) is 33.2. The molecule has 0 aromatic heterocycles. The van der Waals surface area contributed by atoms with E-state index in [1.54, 1.807) is 65.8 Å². The fourth-order valence-corrected chi connectivity index (χ4v) is 6.07. The van der Waals surface area contributed by atoms with Gasteiger partial charge in [-0.15, -0.1) is 0 Å². The molecule has 5 amide bonds. The molecule has 306 valence electrons. The number of benzene rings is 3. The molecule has 0 spiro atoms. The molecule has 0 saturated heterocycles. The standard InChI is InChI=1S/C42H53N5O10/c1-41(2,3)56-38(52)43-22-21-34(47-40(54)57-42(4,5)6)37(51)45-24-27-17-15-26(16-18-27)23-44-36(50)33(19-20-35(48)49)46-39(53)55-25-32-30-13-9-7-11-28(30)29-12-8-10-14-31(29)32/h7-18,32-34H,19-25H2,1-6H3,(H,43,52)(H,44,50)(H,45,51)(H,46,53)(H,47,54)(H,48,49)/t33-,34+/m0/s1. The molecule has 15 heteroatoms. The summed E-state index contributed by atoms with van der Waals surface area (Å²) in [5.41, 5.74) is 4.13. The monoisotopic (exact) mass is 787 g/mol. The summed E-state index contributed by atoms with van der Waals surface area (Å²) in [5, 5.41) is 22.5. The number of fused-ring (bicyclic) bond motifs is 3. The van der Waals surface area contributed by atoms with Crippen LogP contribution in [-0.4, -0.2) is 77.6 Å². The number of ether oxygens (including phenoxy) is 3. The third kappa shape index (κ3) is 14.2. The number of hydrogen-bond donors (Lipinski definition) is 6. The van der Waals surface area contributed by atoms with Crippen LogP contribution in [0.25, 0.3) is 11.1 Å². The van der Waals surface area contributed by atoms with Crippen LogP contribution >= 0.6 is 0 Å². The Morgan fingerprint density at radius 3 is 1.56 bits per heavy atom. The highest BCUT2D eigenvalue weighted by atomic mass is 16.6. The first-order valence-corrected chi connectivity index (χ1v) is 18.8. The minimum absolute atomic E-state index is 0.0339. The number of carbonyl (C=O) groups excluding carboxylic acids is 5. The lowest BCUT2D eigenvalue weighted by atomic mass is 9.98. The summed E-state index contributed by atoms with van der Waals surface area (Å²) in [7, 11) is 0. The topological polar surface area (TPSA) is 210 Å². The molecule has 6 N–H and O–H groups in total. The Labute approximate surface area is 332 Å². The van der Waals surface area contributed by atoms with Gasteiger partial charge in [-0.2, -0.15) is 0 Å². The Morgan fingerprint density at radius 2 is 1.07 bits per heavy atom. The number of carboxylic acids is 1. The number of carbonyl (C=O) groups is 6. The Bertz CT molecular complexity index is 1860. The normalized spacial score (nSPS) is 13.2. The number of alkyl carbamates (subject to hydrolysis) is 3. The van der Waals surface area contributed by atoms with Gasteiger partial charge in [0.05, 0.1) is 0 Å². The third-order valence-corrected chi connectivity index (χ3v) is 8.66. The Morgan fingerprint density at radius 1 is 0.614 bits per heavy atom. The molecule has 0 saturated carbocycles. The number of nitrogens with one attached hydrogen (secondary N) is 5. The molecule has 0 heterocycles. The van der Waals surface area contributed by atoms with E-state index < -0.39 is 59.3 Å². The number of rotatable bonds is 16. The van der Waals surface area contributed by atoms with Crippen molar-refractivity contribution in [2.24, 2.45) is 0 Å². The maximum Gasteiger partial charge on any atom is 0.408 e. The van der Waals surface area contributed by atoms with Crippen LogP contribution in [0, 0.1) is 0 Å². The summed E-state index contributed by atoms with van der Waals surface area (Å²) < 4.78 is 16.1. The van der Waals surface area contributed by atoms with Gasteiger partial charge in [0.15, 0.2) is 0 Å². The van der Waals surface area contributed by atoms with Crippen LogP contribution in [0.1, 0.15) is 89.0 Å². The minimum Gasteiger partial charge on any atom is -0.481 e. The zero-order chi connectivity index (χ0) is 41.8. The van der Waals surface area contributed by atoms with Crippen molar-refractivity contribution in [2.45, 2.75) is 103 Å². The van der Waals surface area contributed by atoms with Crippen molar-refractivity contribution >= 4 is 36.1 Å². The number of hydrogen-bond acceptors (Lipinski definition) is 9. The molecule has 3 aromatic rings. The highest BCUT2D eigenvalue weighted by Crippen LogP contribution is 2.44. The van der Waals surface area contributed by atoms with E-state index in [0.29, 0.717) is 5.56 Å². The first kappa shape index (κ1) is 43.6. The number of aliphatic carboxylic acids is 1. The van der Waals surface area contributed by atoms with Crippen molar-refractivity contribution in [2.75, 3.05) is 13.2 Å². The Kier molecular flexibility index (Phi) is 15.0. The van der Waals surface area contributed by atoms with E-state index in [2.05, 4.69) is 26.6 Å². The van der Waals surface area contributed by atoms with Gasteiger partial charge in [0, 0.05) is 32.0 Å². The summed E-state index contributed by atoms with van der Waals surface area (Å²) in [4.78, 5) is 75.2. The Balaban J connectivity index is 1.29. The van der Waals surface area contributed by atoms with Crippen LogP contribution in [0.4, 0.5) is 14.4 Å². The fraction of sp³-hybridized carbons (Fsp3) is 0.429. The lowest BCUT2D eigenvalue weighted by Crippen LogP contribution is -2.49. The molecule has 15 nitrogen and oxygen atoms in total. The first-order valence-electron chi connectivity index (χ1n) is 18.8. The van der Waals surface area contributed by atoms with Crippen molar-refractivity contribution in [3.8, 4) is 11.1 Å². The molecular formula is C42H53N5O10. The molecule has 0 bridgehead atoms. The summed E-state index contributed by atoms with van der Waals surface area (Å²) in [6.07, 6.45) is -2.71. The lowest BCUT2D eigenvalue weighted by Gasteiger charge is -2.24. The SMILES string of the molecule is CC(C)(C)OC(=O)NCC[C@@H](NC(=O)OC(C)(C)C)C(=O)NCc1ccc(CNC(=O)[C@H](CCC(=O)O)NC(=O)OCC2c3ccccc3-c3ccccc32)cc1. The van der Waals surface area contributed by atoms with E-state index in [1.165, 1.54) is 0 Å². The molecule has 1 aliphatic rings. The smallest absolute Gasteiger partial charge is 0.408 e. The van der Waals surface area contributed by atoms with Gasteiger partial charge >= 0.3 is 24.2 Å². The van der Waals surface area contributed by atoms with Crippen molar-refractivity contribution in [3.63, 3.8) is 0 Å². The first-order chi connectivity index (χ1) is 26.9. The van der Waals surface area contributed by atoms with Crippen molar-refractivity contribution < 1.29 is 48.1 Å². The van der Waals surface area contributed by atoms with E-state index in [4.69, 9.17) is 14.2 Å². The van der Waals surface area contributed by atoms with Crippen molar-refractivity contribution in [1.29, 1.82) is 0 Å². The average molecular weight is 788 g/mol. The molecule has 0 radical (unpaired) electrons. The highest BCUT2D eigenvalue weighted by Gasteiger charge is 2.30. The molecule has 57 heavy (non-hydrogen) atoms. The van der Waals surface area contributed by atoms with E-state index in [0.717, 1.165) is 27.8 Å². The Hall–Kier alpha value is -6.12. The lowest BCUT2D eigenvalue weighted by molar-refractivity contribution is -0.137. The maximum atomic E-state index is 13.2. The number of carboxylic acid groups (broad SMARTS) is 1. The second-order valence-corrected chi connectivity index (χ2v) is 15.6. The fourth-order valence-electron chi connectivity index (χ4n) is 6.07. The van der Waals surface area contributed by atoms with Crippen LogP contribution < -0.4 is 26.6 Å². The molecule has 1 aliphatic carbocycles. The van der Waals surface area contributed by atoms with Gasteiger partial charge < -0.3 is 45.9 Å². The minimum atomic E-state index is -1.16. The van der Waals surface area contributed by atoms with Gasteiger partial charge in [-0.1, -0.05) is 72.8 Å².